The van der Waals surface area contributed by atoms with Crippen molar-refractivity contribution in [2.75, 3.05) is 0 Å². The van der Waals surface area contributed by atoms with Gasteiger partial charge >= 0.3 is 0 Å². The summed E-state index contributed by atoms with van der Waals surface area (Å²) in [4.78, 5) is 0. The van der Waals surface area contributed by atoms with E-state index in [1.165, 1.54) is 36.0 Å². The minimum Gasteiger partial charge on any atom is -0.328 e. The van der Waals surface area contributed by atoms with Crippen LogP contribution in [0, 0.1) is 5.92 Å². The lowest BCUT2D eigenvalue weighted by molar-refractivity contribution is 0.346. The molecule has 0 saturated carbocycles. The second-order valence-corrected chi connectivity index (χ2v) is 10.4. The van der Waals surface area contributed by atoms with Gasteiger partial charge in [0.2, 0.25) is 0 Å². The van der Waals surface area contributed by atoms with Gasteiger partial charge in [0.15, 0.2) is 0 Å². The van der Waals surface area contributed by atoms with Crippen LogP contribution in [0.4, 0.5) is 0 Å². The second kappa shape index (κ2) is 10.6. The highest BCUT2D eigenvalue weighted by Crippen LogP contribution is 2.46. The molecule has 162 valence electrons. The quantitative estimate of drug-likeness (QED) is 0.397. The van der Waals surface area contributed by atoms with E-state index in [4.69, 9.17) is 5.73 Å². The summed E-state index contributed by atoms with van der Waals surface area (Å²) in [5, 5.41) is 0. The third kappa shape index (κ3) is 6.57. The molecule has 0 amide bonds. The van der Waals surface area contributed by atoms with Crippen molar-refractivity contribution < 1.29 is 0 Å². The number of allylic oxidation sites excluding steroid dienone is 3. The molecule has 1 aliphatic carbocycles. The van der Waals surface area contributed by atoms with E-state index in [1.807, 2.05) is 0 Å². The van der Waals surface area contributed by atoms with Crippen LogP contribution < -0.4 is 5.73 Å². The molecule has 0 heterocycles. The van der Waals surface area contributed by atoms with Gasteiger partial charge in [-0.05, 0) is 91.4 Å². The van der Waals surface area contributed by atoms with Gasteiger partial charge in [0.05, 0.1) is 0 Å². The first-order valence-corrected chi connectivity index (χ1v) is 11.9. The predicted octanol–water partition coefficient (Wildman–Crippen LogP) is 8.14. The van der Waals surface area contributed by atoms with E-state index < -0.39 is 0 Å². The number of benzene rings is 1. The normalized spacial score (nSPS) is 19.9. The summed E-state index contributed by atoms with van der Waals surface area (Å²) < 4.78 is 0. The molecule has 0 radical (unpaired) electrons. The number of nitrogens with two attached hydrogens (primary N) is 1. The second-order valence-electron chi connectivity index (χ2n) is 10.4. The van der Waals surface area contributed by atoms with E-state index in [9.17, 15) is 0 Å². The Labute approximate surface area is 180 Å². The molecule has 0 fully saturated rings. The number of hydrogen-bond donors (Lipinski definition) is 1. The Morgan fingerprint density at radius 2 is 2.00 bits per heavy atom. The molecule has 0 bridgehead atoms. The SMILES string of the molecule is C=C(C/C=C(\C)c1ccc2c(c1)C(C(C)C)CCC2(C)C)CCCC(N)CCC. The lowest BCUT2D eigenvalue weighted by Gasteiger charge is -2.39. The predicted molar refractivity (Wildman–Crippen MR) is 130 cm³/mol. The molecule has 1 heteroatoms. The van der Waals surface area contributed by atoms with Gasteiger partial charge < -0.3 is 5.73 Å². The zero-order chi connectivity index (χ0) is 21.6. The van der Waals surface area contributed by atoms with E-state index in [-0.39, 0.29) is 0 Å². The number of hydrogen-bond acceptors (Lipinski definition) is 1. The maximum Gasteiger partial charge on any atom is 0.00388 e. The highest BCUT2D eigenvalue weighted by molar-refractivity contribution is 5.66. The monoisotopic (exact) mass is 395 g/mol. The van der Waals surface area contributed by atoms with Gasteiger partial charge in [-0.2, -0.15) is 0 Å². The molecule has 0 aromatic heterocycles. The highest BCUT2D eigenvalue weighted by Gasteiger charge is 2.33. The topological polar surface area (TPSA) is 26.0 Å². The zero-order valence-corrected chi connectivity index (χ0v) is 20.0. The molecule has 2 N–H and O–H groups in total. The first kappa shape index (κ1) is 23.9. The van der Waals surface area contributed by atoms with Crippen molar-refractivity contribution in [2.45, 2.75) is 110 Å². The molecule has 1 aromatic rings. The molecule has 1 aromatic carbocycles. The lowest BCUT2D eigenvalue weighted by atomic mass is 9.66. The van der Waals surface area contributed by atoms with Crippen LogP contribution in [0.25, 0.3) is 5.57 Å². The minimum absolute atomic E-state index is 0.295. The van der Waals surface area contributed by atoms with Gasteiger partial charge in [-0.3, -0.25) is 0 Å². The van der Waals surface area contributed by atoms with Crippen LogP contribution in [0.1, 0.15) is 116 Å². The minimum atomic E-state index is 0.295. The highest BCUT2D eigenvalue weighted by atomic mass is 14.6. The molecule has 0 aliphatic heterocycles. The van der Waals surface area contributed by atoms with Crippen molar-refractivity contribution in [3.8, 4) is 0 Å². The Balaban J connectivity index is 2.04. The fourth-order valence-corrected chi connectivity index (χ4v) is 4.88. The van der Waals surface area contributed by atoms with Crippen LogP contribution in [0.5, 0.6) is 0 Å². The molecule has 29 heavy (non-hydrogen) atoms. The molecular weight excluding hydrogens is 350 g/mol. The largest absolute Gasteiger partial charge is 0.328 e. The summed E-state index contributed by atoms with van der Waals surface area (Å²) in [6, 6.07) is 7.58. The van der Waals surface area contributed by atoms with Crippen LogP contribution in [-0.4, -0.2) is 6.04 Å². The van der Waals surface area contributed by atoms with Crippen molar-refractivity contribution in [2.24, 2.45) is 11.7 Å². The molecule has 1 aliphatic rings. The number of rotatable bonds is 10. The van der Waals surface area contributed by atoms with E-state index in [0.29, 0.717) is 23.3 Å². The molecule has 2 rings (SSSR count). The van der Waals surface area contributed by atoms with Crippen molar-refractivity contribution in [3.05, 3.63) is 53.1 Å². The van der Waals surface area contributed by atoms with Gasteiger partial charge in [-0.25, -0.2) is 0 Å². The van der Waals surface area contributed by atoms with Gasteiger partial charge in [-0.1, -0.05) is 77.5 Å². The van der Waals surface area contributed by atoms with E-state index in [2.05, 4.69) is 72.4 Å². The Morgan fingerprint density at radius 1 is 1.28 bits per heavy atom. The Bertz CT molecular complexity index is 707. The summed E-state index contributed by atoms with van der Waals surface area (Å²) in [5.74, 6) is 1.39. The summed E-state index contributed by atoms with van der Waals surface area (Å²) in [5.41, 5.74) is 13.7. The zero-order valence-electron chi connectivity index (χ0n) is 20.0. The first-order chi connectivity index (χ1) is 13.7. The van der Waals surface area contributed by atoms with E-state index in [1.54, 1.807) is 11.1 Å². The molecule has 2 unspecified atom stereocenters. The smallest absolute Gasteiger partial charge is 0.00388 e. The van der Waals surface area contributed by atoms with Gasteiger partial charge in [0, 0.05) is 6.04 Å². The van der Waals surface area contributed by atoms with Crippen LogP contribution in [0.3, 0.4) is 0 Å². The van der Waals surface area contributed by atoms with E-state index in [0.717, 1.165) is 32.1 Å². The molecule has 0 spiro atoms. The van der Waals surface area contributed by atoms with Crippen LogP contribution in [-0.2, 0) is 5.41 Å². The van der Waals surface area contributed by atoms with Crippen LogP contribution >= 0.6 is 0 Å². The molecule has 1 nitrogen and oxygen atoms in total. The lowest BCUT2D eigenvalue weighted by Crippen LogP contribution is -2.28. The Hall–Kier alpha value is -1.34. The van der Waals surface area contributed by atoms with Crippen LogP contribution in [0.2, 0.25) is 0 Å². The van der Waals surface area contributed by atoms with Crippen molar-refractivity contribution in [1.82, 2.24) is 0 Å². The Morgan fingerprint density at radius 3 is 2.66 bits per heavy atom. The summed E-state index contributed by atoms with van der Waals surface area (Å²) in [7, 11) is 0. The Kier molecular flexibility index (Phi) is 8.76. The van der Waals surface area contributed by atoms with Crippen molar-refractivity contribution >= 4 is 5.57 Å². The fraction of sp³-hybridized carbons (Fsp3) is 0.643. The van der Waals surface area contributed by atoms with Gasteiger partial charge in [-0.15, -0.1) is 0 Å². The average molecular weight is 396 g/mol. The fourth-order valence-electron chi connectivity index (χ4n) is 4.88. The third-order valence-corrected chi connectivity index (χ3v) is 6.98. The maximum absolute atomic E-state index is 6.13. The third-order valence-electron chi connectivity index (χ3n) is 6.98. The first-order valence-electron chi connectivity index (χ1n) is 11.9. The van der Waals surface area contributed by atoms with E-state index >= 15 is 0 Å². The number of fused-ring (bicyclic) bond motifs is 1. The molecular formula is C28H45N. The molecule has 2 atom stereocenters. The average Bonchev–Trinajstić information content (AvgIpc) is 2.65. The standard InChI is InChI=1S/C28H45N/c1-8-10-24(29)12-9-11-21(4)13-14-22(5)23-15-16-27-26(19-23)25(20(2)3)17-18-28(27,6)7/h14-16,19-20,24-25H,4,8-13,17-18,29H2,1-3,5-7H3/b22-14+. The van der Waals surface area contributed by atoms with Crippen LogP contribution in [0.15, 0.2) is 36.4 Å². The summed E-state index contributed by atoms with van der Waals surface area (Å²) in [6.07, 6.45) is 11.6. The molecule has 0 saturated heterocycles. The summed E-state index contributed by atoms with van der Waals surface area (Å²) in [6.45, 7) is 18.3. The van der Waals surface area contributed by atoms with Crippen molar-refractivity contribution in [1.29, 1.82) is 0 Å². The van der Waals surface area contributed by atoms with Gasteiger partial charge in [0.25, 0.3) is 0 Å². The van der Waals surface area contributed by atoms with Crippen molar-refractivity contribution in [3.63, 3.8) is 0 Å². The maximum atomic E-state index is 6.13. The summed E-state index contributed by atoms with van der Waals surface area (Å²) >= 11 is 0. The van der Waals surface area contributed by atoms with Gasteiger partial charge in [0.1, 0.15) is 0 Å².